The maximum atomic E-state index is 12.4. The summed E-state index contributed by atoms with van der Waals surface area (Å²) in [4.78, 5) is 14.4. The van der Waals surface area contributed by atoms with Crippen LogP contribution in [0.4, 0.5) is 0 Å². The molecule has 1 N–H and O–H groups in total. The van der Waals surface area contributed by atoms with Gasteiger partial charge in [-0.05, 0) is 39.2 Å². The van der Waals surface area contributed by atoms with Gasteiger partial charge in [0.05, 0.1) is 12.1 Å². The number of likely N-dealkylation sites (tertiary alicyclic amines) is 1. The lowest BCUT2D eigenvalue weighted by Gasteiger charge is -2.39. The molecule has 0 spiro atoms. The van der Waals surface area contributed by atoms with Crippen molar-refractivity contribution >= 4 is 5.91 Å². The van der Waals surface area contributed by atoms with Crippen molar-refractivity contribution in [1.82, 2.24) is 10.2 Å². The van der Waals surface area contributed by atoms with Crippen LogP contribution in [0.3, 0.4) is 0 Å². The number of carbonyl (C=O) groups excluding carboxylic acids is 1. The van der Waals surface area contributed by atoms with E-state index in [0.717, 1.165) is 32.4 Å². The standard InChI is InChI=1S/C13H24N2O2/c1-10-9-11(17-2)6-8-15(10)13(16)12-5-3-4-7-14-12/h10-12,14H,3-9H2,1-2H3/t10?,11?,12-/m0/s1. The molecule has 17 heavy (non-hydrogen) atoms. The van der Waals surface area contributed by atoms with Gasteiger partial charge in [-0.2, -0.15) is 0 Å². The van der Waals surface area contributed by atoms with E-state index in [4.69, 9.17) is 4.74 Å². The maximum absolute atomic E-state index is 12.4. The summed E-state index contributed by atoms with van der Waals surface area (Å²) in [5.74, 6) is 0.298. The first-order valence-electron chi connectivity index (χ1n) is 6.79. The van der Waals surface area contributed by atoms with Crippen molar-refractivity contribution < 1.29 is 9.53 Å². The monoisotopic (exact) mass is 240 g/mol. The number of methoxy groups -OCH3 is 1. The number of nitrogens with one attached hydrogen (secondary N) is 1. The van der Waals surface area contributed by atoms with Crippen LogP contribution < -0.4 is 5.32 Å². The second-order valence-electron chi connectivity index (χ2n) is 5.27. The average molecular weight is 240 g/mol. The number of hydrogen-bond acceptors (Lipinski definition) is 3. The summed E-state index contributed by atoms with van der Waals surface area (Å²) in [5, 5.41) is 3.34. The Balaban J connectivity index is 1.90. The third-order valence-corrected chi connectivity index (χ3v) is 4.05. The number of nitrogens with zero attached hydrogens (tertiary/aromatic N) is 1. The van der Waals surface area contributed by atoms with Crippen LogP contribution in [0.25, 0.3) is 0 Å². The van der Waals surface area contributed by atoms with Gasteiger partial charge in [0.2, 0.25) is 5.91 Å². The molecule has 2 heterocycles. The minimum atomic E-state index is 0.0605. The molecule has 2 aliphatic heterocycles. The van der Waals surface area contributed by atoms with E-state index in [2.05, 4.69) is 12.2 Å². The minimum Gasteiger partial charge on any atom is -0.381 e. The number of ether oxygens (including phenoxy) is 1. The normalized spacial score (nSPS) is 34.7. The highest BCUT2D eigenvalue weighted by atomic mass is 16.5. The van der Waals surface area contributed by atoms with E-state index in [1.807, 2.05) is 4.90 Å². The third-order valence-electron chi connectivity index (χ3n) is 4.05. The molecule has 2 saturated heterocycles. The van der Waals surface area contributed by atoms with Gasteiger partial charge >= 0.3 is 0 Å². The van der Waals surface area contributed by atoms with E-state index >= 15 is 0 Å². The molecule has 2 rings (SSSR count). The predicted molar refractivity (Wildman–Crippen MR) is 66.8 cm³/mol. The van der Waals surface area contributed by atoms with Gasteiger partial charge in [-0.15, -0.1) is 0 Å². The first kappa shape index (κ1) is 12.8. The van der Waals surface area contributed by atoms with Crippen LogP contribution in [0, 0.1) is 0 Å². The van der Waals surface area contributed by atoms with Gasteiger partial charge in [-0.25, -0.2) is 0 Å². The Morgan fingerprint density at radius 1 is 1.35 bits per heavy atom. The minimum absolute atomic E-state index is 0.0605. The van der Waals surface area contributed by atoms with Crippen molar-refractivity contribution in [3.05, 3.63) is 0 Å². The molecule has 0 radical (unpaired) electrons. The van der Waals surface area contributed by atoms with Gasteiger partial charge in [0.15, 0.2) is 0 Å². The van der Waals surface area contributed by atoms with Gasteiger partial charge in [-0.3, -0.25) is 4.79 Å². The molecular weight excluding hydrogens is 216 g/mol. The van der Waals surface area contributed by atoms with Crippen LogP contribution in [0.1, 0.15) is 39.0 Å². The Hall–Kier alpha value is -0.610. The van der Waals surface area contributed by atoms with Crippen LogP contribution in [-0.2, 0) is 9.53 Å². The van der Waals surface area contributed by atoms with Crippen molar-refractivity contribution in [3.8, 4) is 0 Å². The second-order valence-corrected chi connectivity index (χ2v) is 5.27. The fraction of sp³-hybridized carbons (Fsp3) is 0.923. The molecular formula is C13H24N2O2. The lowest BCUT2D eigenvalue weighted by Crippen LogP contribution is -2.54. The molecule has 98 valence electrons. The summed E-state index contributed by atoms with van der Waals surface area (Å²) in [7, 11) is 1.76. The SMILES string of the molecule is COC1CCN(C(=O)[C@@H]2CCCCN2)C(C)C1. The molecule has 0 aromatic carbocycles. The lowest BCUT2D eigenvalue weighted by molar-refractivity contribution is -0.139. The van der Waals surface area contributed by atoms with Crippen LogP contribution >= 0.6 is 0 Å². The van der Waals surface area contributed by atoms with E-state index in [9.17, 15) is 4.79 Å². The largest absolute Gasteiger partial charge is 0.381 e. The highest BCUT2D eigenvalue weighted by molar-refractivity contribution is 5.82. The number of rotatable bonds is 2. The zero-order valence-electron chi connectivity index (χ0n) is 10.9. The molecule has 0 aromatic heterocycles. The summed E-state index contributed by atoms with van der Waals surface area (Å²) in [5.41, 5.74) is 0. The van der Waals surface area contributed by atoms with Crippen LogP contribution in [-0.4, -0.2) is 49.2 Å². The molecule has 0 aliphatic carbocycles. The molecule has 4 nitrogen and oxygen atoms in total. The first-order chi connectivity index (χ1) is 8.22. The highest BCUT2D eigenvalue weighted by Crippen LogP contribution is 2.21. The fourth-order valence-electron chi connectivity index (χ4n) is 2.93. The van der Waals surface area contributed by atoms with Gasteiger partial charge < -0.3 is 15.0 Å². The van der Waals surface area contributed by atoms with E-state index in [1.54, 1.807) is 7.11 Å². The molecule has 0 saturated carbocycles. The van der Waals surface area contributed by atoms with E-state index in [0.29, 0.717) is 18.1 Å². The summed E-state index contributed by atoms with van der Waals surface area (Å²) in [6, 6.07) is 0.371. The molecule has 2 aliphatic rings. The Labute approximate surface area is 104 Å². The molecule has 4 heteroatoms. The quantitative estimate of drug-likeness (QED) is 0.787. The molecule has 0 bridgehead atoms. The molecule has 0 aromatic rings. The van der Waals surface area contributed by atoms with Crippen molar-refractivity contribution in [3.63, 3.8) is 0 Å². The molecule has 1 amide bonds. The number of carbonyl (C=O) groups is 1. The van der Waals surface area contributed by atoms with Crippen LogP contribution in [0.5, 0.6) is 0 Å². The topological polar surface area (TPSA) is 41.6 Å². The average Bonchev–Trinajstić information content (AvgIpc) is 2.39. The van der Waals surface area contributed by atoms with Gasteiger partial charge in [-0.1, -0.05) is 6.42 Å². The van der Waals surface area contributed by atoms with Gasteiger partial charge in [0.1, 0.15) is 0 Å². The van der Waals surface area contributed by atoms with Gasteiger partial charge in [0, 0.05) is 19.7 Å². The van der Waals surface area contributed by atoms with Gasteiger partial charge in [0.25, 0.3) is 0 Å². The summed E-state index contributed by atoms with van der Waals surface area (Å²) in [6.07, 6.45) is 5.63. The van der Waals surface area contributed by atoms with Crippen molar-refractivity contribution in [2.24, 2.45) is 0 Å². The number of piperidine rings is 2. The third kappa shape index (κ3) is 2.99. The van der Waals surface area contributed by atoms with Crippen molar-refractivity contribution in [2.75, 3.05) is 20.2 Å². The molecule has 2 fully saturated rings. The Morgan fingerprint density at radius 3 is 2.76 bits per heavy atom. The van der Waals surface area contributed by atoms with E-state index in [1.165, 1.54) is 12.8 Å². The summed E-state index contributed by atoms with van der Waals surface area (Å²) in [6.45, 7) is 3.96. The number of hydrogen-bond donors (Lipinski definition) is 1. The van der Waals surface area contributed by atoms with Crippen molar-refractivity contribution in [1.29, 1.82) is 0 Å². The van der Waals surface area contributed by atoms with E-state index < -0.39 is 0 Å². The van der Waals surface area contributed by atoms with E-state index in [-0.39, 0.29) is 6.04 Å². The second kappa shape index (κ2) is 5.83. The zero-order chi connectivity index (χ0) is 12.3. The summed E-state index contributed by atoms with van der Waals surface area (Å²) < 4.78 is 5.38. The summed E-state index contributed by atoms with van der Waals surface area (Å²) >= 11 is 0. The Kier molecular flexibility index (Phi) is 4.40. The molecule has 2 unspecified atom stereocenters. The fourth-order valence-corrected chi connectivity index (χ4v) is 2.93. The van der Waals surface area contributed by atoms with Crippen LogP contribution in [0.2, 0.25) is 0 Å². The maximum Gasteiger partial charge on any atom is 0.239 e. The molecule has 3 atom stereocenters. The lowest BCUT2D eigenvalue weighted by atomic mass is 9.97. The van der Waals surface area contributed by atoms with Crippen molar-refractivity contribution in [2.45, 2.75) is 57.2 Å². The first-order valence-corrected chi connectivity index (χ1v) is 6.79. The zero-order valence-corrected chi connectivity index (χ0v) is 10.9. The number of amides is 1. The Bertz CT molecular complexity index is 264. The predicted octanol–water partition coefficient (Wildman–Crippen LogP) is 1.15. The van der Waals surface area contributed by atoms with Crippen LogP contribution in [0.15, 0.2) is 0 Å². The highest BCUT2D eigenvalue weighted by Gasteiger charge is 2.32. The smallest absolute Gasteiger partial charge is 0.239 e. The Morgan fingerprint density at radius 2 is 2.18 bits per heavy atom.